The van der Waals surface area contributed by atoms with Crippen molar-refractivity contribution in [3.05, 3.63) is 72.5 Å². The molecule has 2 rings (SSSR count). The summed E-state index contributed by atoms with van der Waals surface area (Å²) in [5, 5.41) is 12.5. The molecule has 0 saturated carbocycles. The van der Waals surface area contributed by atoms with E-state index in [0.29, 0.717) is 5.92 Å². The van der Waals surface area contributed by atoms with E-state index < -0.39 is 5.97 Å². The number of carboxylic acid groups (broad SMARTS) is 1. The van der Waals surface area contributed by atoms with Gasteiger partial charge in [0.05, 0.1) is 0 Å². The van der Waals surface area contributed by atoms with Crippen molar-refractivity contribution in [3.8, 4) is 0 Å². The predicted molar refractivity (Wildman–Crippen MR) is 135 cm³/mol. The van der Waals surface area contributed by atoms with Crippen LogP contribution in [-0.2, 0) is 4.79 Å². The second kappa shape index (κ2) is 15.1. The Balaban J connectivity index is 1.98. The van der Waals surface area contributed by atoms with Gasteiger partial charge in [0.25, 0.3) is 0 Å². The fourth-order valence-electron chi connectivity index (χ4n) is 3.83. The molecule has 3 unspecified atom stereocenters. The van der Waals surface area contributed by atoms with Gasteiger partial charge in [-0.2, -0.15) is 0 Å². The molecule has 0 aliphatic carbocycles. The van der Waals surface area contributed by atoms with Gasteiger partial charge < -0.3 is 21.1 Å². The highest BCUT2D eigenvalue weighted by Crippen LogP contribution is 2.22. The average Bonchev–Trinajstić information content (AvgIpc) is 3.30. The van der Waals surface area contributed by atoms with Gasteiger partial charge in [-0.3, -0.25) is 0 Å². The van der Waals surface area contributed by atoms with Gasteiger partial charge in [0.15, 0.2) is 0 Å². The zero-order valence-corrected chi connectivity index (χ0v) is 19.2. The smallest absolute Gasteiger partial charge is 0.328 e. The molecule has 1 aromatic carbocycles. The standard InChI is InChI=1S/C27H39N3O2/c1-2-3-12-24(28)13-7-11-23(16-15-22-9-5-4-6-10-22)17-18-25(19-20-27(31)32)30-26-14-8-21-29-26/h4-6,8-10,14-16,19-21,23-25,29-30H,2-3,7,11-13,17-18,28H2,1H3,(H,31,32). The van der Waals surface area contributed by atoms with Crippen LogP contribution in [-0.4, -0.2) is 28.1 Å². The van der Waals surface area contributed by atoms with E-state index in [9.17, 15) is 4.79 Å². The number of aliphatic carboxylic acids is 1. The maximum atomic E-state index is 11.0. The number of H-pyrrole nitrogens is 1. The molecule has 0 radical (unpaired) electrons. The number of allylic oxidation sites excluding steroid dienone is 1. The van der Waals surface area contributed by atoms with E-state index in [4.69, 9.17) is 10.8 Å². The number of carbonyl (C=O) groups is 1. The van der Waals surface area contributed by atoms with Gasteiger partial charge in [-0.05, 0) is 55.7 Å². The van der Waals surface area contributed by atoms with Gasteiger partial charge in [-0.15, -0.1) is 0 Å². The number of benzene rings is 1. The molecule has 5 heteroatoms. The highest BCUT2D eigenvalue weighted by Gasteiger charge is 2.12. The van der Waals surface area contributed by atoms with E-state index in [2.05, 4.69) is 53.6 Å². The quantitative estimate of drug-likeness (QED) is 0.234. The van der Waals surface area contributed by atoms with Crippen LogP contribution in [0.1, 0.15) is 63.9 Å². The number of carboxylic acids is 1. The molecule has 1 heterocycles. The summed E-state index contributed by atoms with van der Waals surface area (Å²) in [4.78, 5) is 14.2. The number of anilines is 1. The maximum absolute atomic E-state index is 11.0. The topological polar surface area (TPSA) is 91.1 Å². The normalized spacial score (nSPS) is 14.6. The highest BCUT2D eigenvalue weighted by atomic mass is 16.4. The molecule has 2 aromatic rings. The molecular weight excluding hydrogens is 398 g/mol. The first-order chi connectivity index (χ1) is 15.6. The molecule has 0 aliphatic rings. The number of rotatable bonds is 16. The Hall–Kier alpha value is -2.79. The van der Waals surface area contributed by atoms with Crippen molar-refractivity contribution in [3.63, 3.8) is 0 Å². The minimum absolute atomic E-state index is 0.0517. The Bertz CT molecular complexity index is 800. The summed E-state index contributed by atoms with van der Waals surface area (Å²) in [6, 6.07) is 14.5. The summed E-state index contributed by atoms with van der Waals surface area (Å²) in [5.41, 5.74) is 7.48. The minimum atomic E-state index is -0.926. The summed E-state index contributed by atoms with van der Waals surface area (Å²) in [5.74, 6) is 0.382. The first kappa shape index (κ1) is 25.5. The number of aromatic nitrogens is 1. The zero-order chi connectivity index (χ0) is 23.0. The van der Waals surface area contributed by atoms with E-state index in [1.807, 2.05) is 24.4 Å². The van der Waals surface area contributed by atoms with Crippen molar-refractivity contribution in [2.75, 3.05) is 5.32 Å². The van der Waals surface area contributed by atoms with Crippen molar-refractivity contribution in [1.29, 1.82) is 0 Å². The van der Waals surface area contributed by atoms with Crippen molar-refractivity contribution < 1.29 is 9.90 Å². The average molecular weight is 438 g/mol. The van der Waals surface area contributed by atoms with E-state index in [1.54, 1.807) is 6.08 Å². The lowest BCUT2D eigenvalue weighted by atomic mass is 9.92. The fraction of sp³-hybridized carbons (Fsp3) is 0.444. The van der Waals surface area contributed by atoms with Crippen molar-refractivity contribution >= 4 is 17.9 Å². The molecule has 5 nitrogen and oxygen atoms in total. The summed E-state index contributed by atoms with van der Waals surface area (Å²) in [7, 11) is 0. The maximum Gasteiger partial charge on any atom is 0.328 e. The number of nitrogens with two attached hydrogens (primary N) is 1. The molecule has 0 spiro atoms. The van der Waals surface area contributed by atoms with Crippen LogP contribution in [0.5, 0.6) is 0 Å². The van der Waals surface area contributed by atoms with E-state index >= 15 is 0 Å². The van der Waals surface area contributed by atoms with Crippen LogP contribution in [0.3, 0.4) is 0 Å². The van der Waals surface area contributed by atoms with Crippen molar-refractivity contribution in [1.82, 2.24) is 4.98 Å². The molecule has 0 aliphatic heterocycles. The van der Waals surface area contributed by atoms with Gasteiger partial charge in [-0.25, -0.2) is 4.79 Å². The molecular formula is C27H39N3O2. The van der Waals surface area contributed by atoms with Crippen LogP contribution in [0.2, 0.25) is 0 Å². The first-order valence-electron chi connectivity index (χ1n) is 11.9. The third-order valence-corrected chi connectivity index (χ3v) is 5.70. The second-order valence-electron chi connectivity index (χ2n) is 8.47. The number of aromatic amines is 1. The molecule has 1 aromatic heterocycles. The predicted octanol–water partition coefficient (Wildman–Crippen LogP) is 6.23. The van der Waals surface area contributed by atoms with Crippen LogP contribution in [0.4, 0.5) is 5.82 Å². The number of hydrogen-bond donors (Lipinski definition) is 4. The largest absolute Gasteiger partial charge is 0.478 e. The second-order valence-corrected chi connectivity index (χ2v) is 8.47. The summed E-state index contributed by atoms with van der Waals surface area (Å²) in [6.45, 7) is 2.20. The van der Waals surface area contributed by atoms with E-state index in [0.717, 1.165) is 44.3 Å². The first-order valence-corrected chi connectivity index (χ1v) is 11.9. The monoisotopic (exact) mass is 437 g/mol. The highest BCUT2D eigenvalue weighted by molar-refractivity contribution is 5.79. The summed E-state index contributed by atoms with van der Waals surface area (Å²) >= 11 is 0. The van der Waals surface area contributed by atoms with Crippen LogP contribution in [0.15, 0.2) is 66.9 Å². The van der Waals surface area contributed by atoms with Gasteiger partial charge in [0, 0.05) is 24.4 Å². The molecule has 0 saturated heterocycles. The van der Waals surface area contributed by atoms with E-state index in [1.165, 1.54) is 24.5 Å². The minimum Gasteiger partial charge on any atom is -0.478 e. The summed E-state index contributed by atoms with van der Waals surface area (Å²) < 4.78 is 0. The zero-order valence-electron chi connectivity index (χ0n) is 19.2. The summed E-state index contributed by atoms with van der Waals surface area (Å²) in [6.07, 6.45) is 17.9. The van der Waals surface area contributed by atoms with Crippen LogP contribution in [0.25, 0.3) is 6.08 Å². The molecule has 3 atom stereocenters. The van der Waals surface area contributed by atoms with Crippen LogP contribution >= 0.6 is 0 Å². The Morgan fingerprint density at radius 1 is 1.03 bits per heavy atom. The molecule has 0 bridgehead atoms. The Kier molecular flexibility index (Phi) is 12.0. The van der Waals surface area contributed by atoms with Gasteiger partial charge in [0.2, 0.25) is 0 Å². The van der Waals surface area contributed by atoms with Gasteiger partial charge >= 0.3 is 5.97 Å². The van der Waals surface area contributed by atoms with Crippen molar-refractivity contribution in [2.24, 2.45) is 11.7 Å². The molecule has 5 N–H and O–H groups in total. The lowest BCUT2D eigenvalue weighted by Crippen LogP contribution is -2.20. The van der Waals surface area contributed by atoms with Crippen LogP contribution < -0.4 is 11.1 Å². The SMILES string of the molecule is CCCCC(N)CCCC(C=Cc1ccccc1)CCC(C=CC(=O)O)Nc1ccc[nH]1. The Labute approximate surface area is 192 Å². The van der Waals surface area contributed by atoms with Crippen LogP contribution in [0, 0.1) is 5.92 Å². The third kappa shape index (κ3) is 11.0. The molecule has 32 heavy (non-hydrogen) atoms. The molecule has 0 fully saturated rings. The molecule has 0 amide bonds. The Morgan fingerprint density at radius 3 is 2.50 bits per heavy atom. The Morgan fingerprint density at radius 2 is 1.81 bits per heavy atom. The third-order valence-electron chi connectivity index (χ3n) is 5.70. The van der Waals surface area contributed by atoms with Gasteiger partial charge in [-0.1, -0.05) is 74.7 Å². The lowest BCUT2D eigenvalue weighted by molar-refractivity contribution is -0.131. The number of unbranched alkanes of at least 4 members (excludes halogenated alkanes) is 1. The number of nitrogens with one attached hydrogen (secondary N) is 2. The number of hydrogen-bond acceptors (Lipinski definition) is 3. The molecule has 174 valence electrons. The van der Waals surface area contributed by atoms with Gasteiger partial charge in [0.1, 0.15) is 5.82 Å². The van der Waals surface area contributed by atoms with Crippen molar-refractivity contribution in [2.45, 2.75) is 70.4 Å². The van der Waals surface area contributed by atoms with E-state index in [-0.39, 0.29) is 12.1 Å². The lowest BCUT2D eigenvalue weighted by Gasteiger charge is -2.19. The fourth-order valence-corrected chi connectivity index (χ4v) is 3.83.